The minimum atomic E-state index is -0.864. The van der Waals surface area contributed by atoms with Crippen LogP contribution < -0.4 is 16.8 Å². The first-order valence-corrected chi connectivity index (χ1v) is 12.6. The maximum atomic E-state index is 12.5. The van der Waals surface area contributed by atoms with Gasteiger partial charge in [-0.15, -0.1) is 11.3 Å². The van der Waals surface area contributed by atoms with Crippen molar-refractivity contribution in [2.24, 2.45) is 5.41 Å². The van der Waals surface area contributed by atoms with Crippen molar-refractivity contribution >= 4 is 62.7 Å². The molecule has 2 aromatic heterocycles. The summed E-state index contributed by atoms with van der Waals surface area (Å²) in [6, 6.07) is 7.92. The third kappa shape index (κ3) is 6.39. The molecule has 0 bridgehead atoms. The maximum Gasteiger partial charge on any atom is 0.314 e. The van der Waals surface area contributed by atoms with E-state index in [9.17, 15) is 14.4 Å². The van der Waals surface area contributed by atoms with E-state index >= 15 is 0 Å². The van der Waals surface area contributed by atoms with E-state index in [1.807, 2.05) is 51.4 Å². The van der Waals surface area contributed by atoms with Crippen molar-refractivity contribution in [3.8, 4) is 0 Å². The van der Waals surface area contributed by atoms with Crippen molar-refractivity contribution in [1.29, 1.82) is 5.41 Å². The van der Waals surface area contributed by atoms with Crippen LogP contribution in [0.2, 0.25) is 0 Å². The van der Waals surface area contributed by atoms with Gasteiger partial charge in [-0.05, 0) is 19.1 Å². The van der Waals surface area contributed by atoms with E-state index in [0.29, 0.717) is 6.54 Å². The summed E-state index contributed by atoms with van der Waals surface area (Å²) in [5, 5.41) is 9.75. The summed E-state index contributed by atoms with van der Waals surface area (Å²) >= 11 is 1.68. The number of anilines is 3. The van der Waals surface area contributed by atoms with E-state index in [2.05, 4.69) is 21.4 Å². The number of para-hydroxylation sites is 1. The Morgan fingerprint density at radius 2 is 1.86 bits per heavy atom. The number of thiazole rings is 1. The smallest absolute Gasteiger partial charge is 0.314 e. The predicted molar refractivity (Wildman–Crippen MR) is 146 cm³/mol. The standard InChI is InChI=1S/C18H27N7O3.C7H5NS/c1-10-9-24(5-6-25(10)17(28)18(2,3)4)16(27)15(26)23-12-8-22-14(21)11(7-19)13(12)20;1-2-4-7-6(3-1)8-5-9-7/h7-8,10,19H,5-6,9H2,1-4H3,(H,23,26)(H4,20,21,22);1-5H. The fourth-order valence-electron chi connectivity index (χ4n) is 3.80. The molecule has 4 rings (SSSR count). The van der Waals surface area contributed by atoms with Crippen molar-refractivity contribution in [2.75, 3.05) is 36.4 Å². The Balaban J connectivity index is 0.000000349. The number of piperazine rings is 1. The van der Waals surface area contributed by atoms with E-state index in [-0.39, 0.29) is 47.8 Å². The normalized spacial score (nSPS) is 15.5. The Hall–Kier alpha value is -4.06. The first-order valence-electron chi connectivity index (χ1n) is 11.7. The highest BCUT2D eigenvalue weighted by Crippen LogP contribution is 2.25. The zero-order valence-electron chi connectivity index (χ0n) is 21.3. The predicted octanol–water partition coefficient (Wildman–Crippen LogP) is 2.58. The molecule has 3 heterocycles. The van der Waals surface area contributed by atoms with Crippen LogP contribution in [0.25, 0.3) is 10.2 Å². The van der Waals surface area contributed by atoms with Crippen LogP contribution in [0.5, 0.6) is 0 Å². The molecular weight excluding hydrogens is 492 g/mol. The number of carbonyl (C=O) groups is 3. The van der Waals surface area contributed by atoms with Crippen molar-refractivity contribution in [2.45, 2.75) is 33.7 Å². The minimum absolute atomic E-state index is 0.0106. The number of hydrogen-bond donors (Lipinski definition) is 4. The lowest BCUT2D eigenvalue weighted by Crippen LogP contribution is -2.58. The number of hydrogen-bond acceptors (Lipinski definition) is 9. The van der Waals surface area contributed by atoms with Gasteiger partial charge in [-0.3, -0.25) is 14.4 Å². The highest BCUT2D eigenvalue weighted by atomic mass is 32.1. The molecule has 1 aliphatic rings. The summed E-state index contributed by atoms with van der Waals surface area (Å²) in [7, 11) is 0. The summed E-state index contributed by atoms with van der Waals surface area (Å²) in [6.45, 7) is 8.27. The Morgan fingerprint density at radius 1 is 1.16 bits per heavy atom. The number of fused-ring (bicyclic) bond motifs is 1. The third-order valence-corrected chi connectivity index (χ3v) is 6.64. The van der Waals surface area contributed by atoms with E-state index in [4.69, 9.17) is 16.9 Å². The second kappa shape index (κ2) is 11.3. The molecule has 3 amide bonds. The van der Waals surface area contributed by atoms with Crippen molar-refractivity contribution in [3.05, 3.63) is 41.5 Å². The molecule has 1 fully saturated rings. The number of carbonyl (C=O) groups excluding carboxylic acids is 3. The molecule has 1 atom stereocenters. The van der Waals surface area contributed by atoms with E-state index in [0.717, 1.165) is 11.7 Å². The third-order valence-electron chi connectivity index (χ3n) is 5.83. The molecule has 0 spiro atoms. The molecule has 11 nitrogen and oxygen atoms in total. The van der Waals surface area contributed by atoms with Gasteiger partial charge in [-0.2, -0.15) is 0 Å². The van der Waals surface area contributed by atoms with Gasteiger partial charge in [-0.1, -0.05) is 32.9 Å². The van der Waals surface area contributed by atoms with Crippen molar-refractivity contribution in [3.63, 3.8) is 0 Å². The van der Waals surface area contributed by atoms with Crippen LogP contribution in [0.15, 0.2) is 36.0 Å². The zero-order valence-corrected chi connectivity index (χ0v) is 22.1. The summed E-state index contributed by atoms with van der Waals surface area (Å²) in [6.07, 6.45) is 2.17. The number of nitrogens with two attached hydrogens (primary N) is 2. The number of nitrogens with one attached hydrogen (secondary N) is 2. The summed E-state index contributed by atoms with van der Waals surface area (Å²) < 4.78 is 1.26. The molecule has 0 saturated carbocycles. The van der Waals surface area contributed by atoms with Gasteiger partial charge in [0.05, 0.1) is 38.9 Å². The average Bonchev–Trinajstić information content (AvgIpc) is 3.34. The number of nitrogens with zero attached hydrogens (tertiary/aromatic N) is 4. The first-order chi connectivity index (χ1) is 17.4. The van der Waals surface area contributed by atoms with Gasteiger partial charge >= 0.3 is 11.8 Å². The van der Waals surface area contributed by atoms with Crippen LogP contribution in [0, 0.1) is 10.8 Å². The quantitative estimate of drug-likeness (QED) is 0.295. The lowest BCUT2D eigenvalue weighted by atomic mass is 9.93. The van der Waals surface area contributed by atoms with Crippen LogP contribution in [0.3, 0.4) is 0 Å². The Morgan fingerprint density at radius 3 is 2.49 bits per heavy atom. The Labute approximate surface area is 219 Å². The summed E-state index contributed by atoms with van der Waals surface area (Å²) in [5.41, 5.74) is 14.3. The largest absolute Gasteiger partial charge is 0.396 e. The molecule has 12 heteroatoms. The number of pyridine rings is 1. The van der Waals surface area contributed by atoms with Gasteiger partial charge < -0.3 is 32.0 Å². The van der Waals surface area contributed by atoms with Crippen molar-refractivity contribution < 1.29 is 14.4 Å². The monoisotopic (exact) mass is 524 g/mol. The van der Waals surface area contributed by atoms with Crippen LogP contribution in [-0.2, 0) is 14.4 Å². The number of rotatable bonds is 2. The molecule has 6 N–H and O–H groups in total. The second-order valence-electron chi connectivity index (χ2n) is 9.65. The Kier molecular flexibility index (Phi) is 8.43. The van der Waals surface area contributed by atoms with E-state index < -0.39 is 17.2 Å². The van der Waals surface area contributed by atoms with Crippen LogP contribution >= 0.6 is 11.3 Å². The SMILES string of the molecule is CC1CN(C(=O)C(=O)Nc2cnc(N)c(C=N)c2N)CCN1C(=O)C(C)(C)C.c1ccc2scnc2c1. The fraction of sp³-hybridized carbons (Fsp3) is 0.360. The summed E-state index contributed by atoms with van der Waals surface area (Å²) in [4.78, 5) is 48.6. The van der Waals surface area contributed by atoms with Gasteiger partial charge in [-0.25, -0.2) is 9.97 Å². The second-order valence-corrected chi connectivity index (χ2v) is 10.5. The van der Waals surface area contributed by atoms with Gasteiger partial charge in [0.25, 0.3) is 0 Å². The average molecular weight is 525 g/mol. The molecule has 1 aliphatic heterocycles. The lowest BCUT2D eigenvalue weighted by Gasteiger charge is -2.42. The zero-order chi connectivity index (χ0) is 27.3. The number of nitrogen functional groups attached to an aromatic ring is 2. The maximum absolute atomic E-state index is 12.5. The molecule has 1 aromatic carbocycles. The number of aromatic nitrogens is 2. The molecule has 1 unspecified atom stereocenters. The number of benzene rings is 1. The first kappa shape index (κ1) is 27.5. The van der Waals surface area contributed by atoms with Gasteiger partial charge in [0.15, 0.2) is 0 Å². The topological polar surface area (TPSA) is 171 Å². The van der Waals surface area contributed by atoms with Gasteiger partial charge in [0.2, 0.25) is 5.91 Å². The molecule has 3 aromatic rings. The van der Waals surface area contributed by atoms with Gasteiger partial charge in [0.1, 0.15) is 5.82 Å². The highest BCUT2D eigenvalue weighted by Gasteiger charge is 2.36. The van der Waals surface area contributed by atoms with Gasteiger partial charge in [0, 0.05) is 37.3 Å². The van der Waals surface area contributed by atoms with E-state index in [1.165, 1.54) is 15.8 Å². The fourth-order valence-corrected chi connectivity index (χ4v) is 4.48. The molecule has 0 aliphatic carbocycles. The summed E-state index contributed by atoms with van der Waals surface area (Å²) in [5.74, 6) is -1.51. The molecular formula is C25H32N8O3S. The lowest BCUT2D eigenvalue weighted by molar-refractivity contribution is -0.150. The molecule has 196 valence electrons. The van der Waals surface area contributed by atoms with Crippen LogP contribution in [-0.4, -0.2) is 69.4 Å². The number of amides is 3. The van der Waals surface area contributed by atoms with E-state index in [1.54, 1.807) is 16.2 Å². The van der Waals surface area contributed by atoms with Crippen molar-refractivity contribution in [1.82, 2.24) is 19.8 Å². The molecule has 0 radical (unpaired) electrons. The highest BCUT2D eigenvalue weighted by molar-refractivity contribution is 7.16. The Bertz CT molecular complexity index is 1290. The minimum Gasteiger partial charge on any atom is -0.396 e. The van der Waals surface area contributed by atoms with Crippen LogP contribution in [0.1, 0.15) is 33.3 Å². The van der Waals surface area contributed by atoms with Crippen LogP contribution in [0.4, 0.5) is 17.2 Å². The molecule has 1 saturated heterocycles. The molecule has 37 heavy (non-hydrogen) atoms.